The maximum Gasteiger partial charge on any atom is 0.227 e. The zero-order valence-corrected chi connectivity index (χ0v) is 9.70. The first-order valence-electron chi connectivity index (χ1n) is 5.57. The number of hydrogen-bond donors (Lipinski definition) is 1. The summed E-state index contributed by atoms with van der Waals surface area (Å²) in [6.07, 6.45) is 2.22. The third-order valence-corrected chi connectivity index (χ3v) is 2.91. The number of nitrogen functional groups attached to an aromatic ring is 1. The minimum Gasteiger partial charge on any atom is -0.495 e. The van der Waals surface area contributed by atoms with E-state index in [4.69, 9.17) is 10.5 Å². The molecule has 0 saturated carbocycles. The quantitative estimate of drug-likeness (QED) is 0.801. The van der Waals surface area contributed by atoms with E-state index < -0.39 is 5.82 Å². The van der Waals surface area contributed by atoms with Crippen molar-refractivity contribution in [3.8, 4) is 5.75 Å². The number of carbonyl (C=O) groups is 1. The van der Waals surface area contributed by atoms with Crippen LogP contribution >= 0.6 is 0 Å². The minimum atomic E-state index is -0.487. The second-order valence-electron chi connectivity index (χ2n) is 4.05. The molecule has 1 heterocycles. The van der Waals surface area contributed by atoms with Gasteiger partial charge in [0, 0.05) is 25.1 Å². The molecule has 0 aliphatic carbocycles. The van der Waals surface area contributed by atoms with Crippen molar-refractivity contribution in [1.29, 1.82) is 0 Å². The number of rotatable bonds is 2. The molecule has 1 aromatic rings. The van der Waals surface area contributed by atoms with E-state index in [0.717, 1.165) is 12.8 Å². The molecule has 1 saturated heterocycles. The molecular formula is C12H15FN2O2. The Bertz CT molecular complexity index is 448. The van der Waals surface area contributed by atoms with E-state index in [1.165, 1.54) is 24.1 Å². The highest BCUT2D eigenvalue weighted by Gasteiger charge is 2.23. The fraction of sp³-hybridized carbons (Fsp3) is 0.417. The van der Waals surface area contributed by atoms with E-state index in [2.05, 4.69) is 0 Å². The maximum absolute atomic E-state index is 13.8. The molecule has 0 atom stereocenters. The Morgan fingerprint density at radius 3 is 2.82 bits per heavy atom. The van der Waals surface area contributed by atoms with Gasteiger partial charge in [0.15, 0.2) is 0 Å². The molecule has 2 N–H and O–H groups in total. The van der Waals surface area contributed by atoms with Gasteiger partial charge in [-0.05, 0) is 12.8 Å². The summed E-state index contributed by atoms with van der Waals surface area (Å²) in [6, 6.07) is 2.67. The van der Waals surface area contributed by atoms with E-state index in [-0.39, 0.29) is 17.3 Å². The summed E-state index contributed by atoms with van der Waals surface area (Å²) in [5.41, 5.74) is 6.08. The Kier molecular flexibility index (Phi) is 3.17. The number of carbonyl (C=O) groups excluding carboxylic acids is 1. The predicted octanol–water partition coefficient (Wildman–Crippen LogP) is 1.93. The number of nitrogens with zero attached hydrogens (tertiary/aromatic N) is 1. The topological polar surface area (TPSA) is 55.6 Å². The van der Waals surface area contributed by atoms with Crippen LogP contribution in [0.2, 0.25) is 0 Å². The Morgan fingerprint density at radius 2 is 2.18 bits per heavy atom. The van der Waals surface area contributed by atoms with Gasteiger partial charge in [0.2, 0.25) is 5.91 Å². The summed E-state index contributed by atoms with van der Waals surface area (Å²) in [5, 5.41) is 0. The van der Waals surface area contributed by atoms with Crippen LogP contribution in [0.15, 0.2) is 12.1 Å². The van der Waals surface area contributed by atoms with E-state index in [1.54, 1.807) is 0 Å². The van der Waals surface area contributed by atoms with Gasteiger partial charge in [-0.1, -0.05) is 0 Å². The molecule has 1 aromatic carbocycles. The third kappa shape index (κ3) is 2.18. The van der Waals surface area contributed by atoms with E-state index in [0.29, 0.717) is 18.7 Å². The van der Waals surface area contributed by atoms with Crippen LogP contribution in [0.5, 0.6) is 5.75 Å². The number of amides is 1. The molecule has 1 aliphatic heterocycles. The van der Waals surface area contributed by atoms with Crippen molar-refractivity contribution in [2.24, 2.45) is 0 Å². The van der Waals surface area contributed by atoms with Gasteiger partial charge in [-0.3, -0.25) is 4.79 Å². The zero-order valence-electron chi connectivity index (χ0n) is 9.70. The molecule has 0 aromatic heterocycles. The summed E-state index contributed by atoms with van der Waals surface area (Å²) >= 11 is 0. The number of benzene rings is 1. The van der Waals surface area contributed by atoms with Crippen molar-refractivity contribution in [3.05, 3.63) is 17.9 Å². The van der Waals surface area contributed by atoms with Crippen molar-refractivity contribution in [2.75, 3.05) is 24.3 Å². The highest BCUT2D eigenvalue weighted by atomic mass is 19.1. The number of hydrogen-bond acceptors (Lipinski definition) is 3. The molecule has 17 heavy (non-hydrogen) atoms. The summed E-state index contributed by atoms with van der Waals surface area (Å²) in [7, 11) is 1.46. The fourth-order valence-corrected chi connectivity index (χ4v) is 2.00. The van der Waals surface area contributed by atoms with E-state index in [1.807, 2.05) is 0 Å². The van der Waals surface area contributed by atoms with Gasteiger partial charge in [-0.2, -0.15) is 0 Å². The summed E-state index contributed by atoms with van der Waals surface area (Å²) in [6.45, 7) is 0.544. The largest absolute Gasteiger partial charge is 0.495 e. The van der Waals surface area contributed by atoms with Gasteiger partial charge in [0.1, 0.15) is 11.6 Å². The summed E-state index contributed by atoms with van der Waals surface area (Å²) < 4.78 is 18.8. The van der Waals surface area contributed by atoms with Gasteiger partial charge in [0.25, 0.3) is 0 Å². The van der Waals surface area contributed by atoms with Crippen LogP contribution in [0.1, 0.15) is 19.3 Å². The average Bonchev–Trinajstić information content (AvgIpc) is 2.31. The van der Waals surface area contributed by atoms with Gasteiger partial charge < -0.3 is 15.4 Å². The van der Waals surface area contributed by atoms with Crippen LogP contribution in [0, 0.1) is 5.82 Å². The standard InChI is InChI=1S/C12H15FN2O2/c1-17-11-7-10(8(13)6-9(11)14)15-5-3-2-4-12(15)16/h6-7H,2-5,14H2,1H3. The highest BCUT2D eigenvalue weighted by Crippen LogP contribution is 2.32. The molecule has 0 spiro atoms. The first kappa shape index (κ1) is 11.7. The molecule has 2 rings (SSSR count). The smallest absolute Gasteiger partial charge is 0.227 e. The molecule has 1 amide bonds. The lowest BCUT2D eigenvalue weighted by Gasteiger charge is -2.27. The van der Waals surface area contributed by atoms with Crippen LogP contribution in [-0.2, 0) is 4.79 Å². The molecule has 1 fully saturated rings. The maximum atomic E-state index is 13.8. The van der Waals surface area contributed by atoms with Crippen LogP contribution < -0.4 is 15.4 Å². The summed E-state index contributed by atoms with van der Waals surface area (Å²) in [4.78, 5) is 13.2. The monoisotopic (exact) mass is 238 g/mol. The predicted molar refractivity (Wildman–Crippen MR) is 63.6 cm³/mol. The third-order valence-electron chi connectivity index (χ3n) is 2.91. The van der Waals surface area contributed by atoms with E-state index >= 15 is 0 Å². The van der Waals surface area contributed by atoms with E-state index in [9.17, 15) is 9.18 Å². The Hall–Kier alpha value is -1.78. The SMILES string of the molecule is COc1cc(N2CCCCC2=O)c(F)cc1N. The molecule has 1 aliphatic rings. The lowest BCUT2D eigenvalue weighted by atomic mass is 10.1. The average molecular weight is 238 g/mol. The van der Waals surface area contributed by atoms with Gasteiger partial charge in [-0.15, -0.1) is 0 Å². The van der Waals surface area contributed by atoms with Crippen molar-refractivity contribution < 1.29 is 13.9 Å². The summed E-state index contributed by atoms with van der Waals surface area (Å²) in [5.74, 6) is -0.153. The molecular weight excluding hydrogens is 223 g/mol. The number of nitrogens with two attached hydrogens (primary N) is 1. The first-order valence-corrected chi connectivity index (χ1v) is 5.57. The molecule has 4 nitrogen and oxygen atoms in total. The highest BCUT2D eigenvalue weighted by molar-refractivity contribution is 5.94. The molecule has 0 radical (unpaired) electrons. The van der Waals surface area contributed by atoms with Crippen molar-refractivity contribution in [3.63, 3.8) is 0 Å². The normalized spacial score (nSPS) is 16.1. The molecule has 5 heteroatoms. The Labute approximate surface area is 99.2 Å². The van der Waals surface area contributed by atoms with Gasteiger partial charge >= 0.3 is 0 Å². The Morgan fingerprint density at radius 1 is 1.41 bits per heavy atom. The molecule has 0 bridgehead atoms. The van der Waals surface area contributed by atoms with Crippen molar-refractivity contribution in [1.82, 2.24) is 0 Å². The minimum absolute atomic E-state index is 0.0537. The number of piperidine rings is 1. The van der Waals surface area contributed by atoms with Crippen molar-refractivity contribution >= 4 is 17.3 Å². The van der Waals surface area contributed by atoms with Crippen LogP contribution in [0.25, 0.3) is 0 Å². The number of anilines is 2. The fourth-order valence-electron chi connectivity index (χ4n) is 2.00. The lowest BCUT2D eigenvalue weighted by Crippen LogP contribution is -2.35. The second-order valence-corrected chi connectivity index (χ2v) is 4.05. The number of ether oxygens (including phenoxy) is 1. The second kappa shape index (κ2) is 4.61. The van der Waals surface area contributed by atoms with Gasteiger partial charge in [-0.25, -0.2) is 4.39 Å². The number of methoxy groups -OCH3 is 1. The van der Waals surface area contributed by atoms with Crippen LogP contribution in [-0.4, -0.2) is 19.6 Å². The first-order chi connectivity index (χ1) is 8.13. The molecule has 92 valence electrons. The van der Waals surface area contributed by atoms with Crippen molar-refractivity contribution in [2.45, 2.75) is 19.3 Å². The van der Waals surface area contributed by atoms with Gasteiger partial charge in [0.05, 0.1) is 18.5 Å². The molecule has 0 unspecified atom stereocenters. The lowest BCUT2D eigenvalue weighted by molar-refractivity contribution is -0.119. The van der Waals surface area contributed by atoms with Crippen LogP contribution in [0.3, 0.4) is 0 Å². The zero-order chi connectivity index (χ0) is 12.4. The van der Waals surface area contributed by atoms with Crippen LogP contribution in [0.4, 0.5) is 15.8 Å². The number of halogens is 1. The Balaban J connectivity index is 2.40.